The number of halogens is 1. The van der Waals surface area contributed by atoms with Gasteiger partial charge in [-0.1, -0.05) is 23.7 Å². The van der Waals surface area contributed by atoms with Crippen molar-refractivity contribution in [1.82, 2.24) is 0 Å². The van der Waals surface area contributed by atoms with Gasteiger partial charge in [-0.15, -0.1) is 11.3 Å². The van der Waals surface area contributed by atoms with Gasteiger partial charge < -0.3 is 14.8 Å². The Morgan fingerprint density at radius 3 is 2.54 bits per heavy atom. The molecule has 2 aromatic heterocycles. The number of aromatic carboxylic acids is 1. The Bertz CT molecular complexity index is 1530. The molecule has 2 aromatic carbocycles. The van der Waals surface area contributed by atoms with Crippen molar-refractivity contribution in [3.05, 3.63) is 92.0 Å². The molecule has 0 bridgehead atoms. The number of aryl methyl sites for hydroxylation is 3. The summed E-state index contributed by atoms with van der Waals surface area (Å²) in [6, 6.07) is 14.2. The number of nitrogens with one attached hydrogen (secondary N) is 1. The Morgan fingerprint density at radius 1 is 1.05 bits per heavy atom. The first-order valence-electron chi connectivity index (χ1n) is 12.0. The van der Waals surface area contributed by atoms with Crippen molar-refractivity contribution >= 4 is 51.7 Å². The number of carboxylic acids is 1. The predicted octanol–water partition coefficient (Wildman–Crippen LogP) is 7.86. The third-order valence-corrected chi connectivity index (χ3v) is 7.79. The first-order chi connectivity index (χ1) is 17.8. The number of amides is 1. The average Bonchev–Trinajstić information content (AvgIpc) is 3.46. The van der Waals surface area contributed by atoms with Crippen LogP contribution in [-0.4, -0.2) is 23.2 Å². The Balaban J connectivity index is 1.43. The van der Waals surface area contributed by atoms with Crippen LogP contribution < -0.4 is 5.32 Å². The second kappa shape index (κ2) is 10.4. The summed E-state index contributed by atoms with van der Waals surface area (Å²) in [5.74, 6) is -0.177. The van der Waals surface area contributed by atoms with Gasteiger partial charge in [0.25, 0.3) is 5.91 Å². The number of thiophene rings is 1. The van der Waals surface area contributed by atoms with E-state index in [1.165, 1.54) is 10.9 Å². The quantitative estimate of drug-likeness (QED) is 0.247. The molecule has 0 saturated heterocycles. The number of anilines is 1. The number of carbonyl (C=O) groups excluding carboxylic acids is 1. The third kappa shape index (κ3) is 5.38. The number of furan rings is 1. The van der Waals surface area contributed by atoms with Gasteiger partial charge in [0.2, 0.25) is 0 Å². The number of hydrogen-bond donors (Lipinski definition) is 2. The molecule has 0 atom stereocenters. The molecule has 1 amide bonds. The third-order valence-electron chi connectivity index (χ3n) is 6.28. The average molecular weight is 533 g/mol. The fraction of sp³-hybridized carbons (Fsp3) is 0.207. The first-order valence-corrected chi connectivity index (χ1v) is 13.2. The van der Waals surface area contributed by atoms with Gasteiger partial charge in [0, 0.05) is 16.1 Å². The van der Waals surface area contributed by atoms with E-state index >= 15 is 0 Å². The molecule has 0 aliphatic heterocycles. The highest BCUT2D eigenvalue weighted by atomic mass is 35.5. The van der Waals surface area contributed by atoms with E-state index in [4.69, 9.17) is 16.0 Å². The molecule has 0 fully saturated rings. The zero-order valence-electron chi connectivity index (χ0n) is 20.4. The number of rotatable bonds is 6. The topological polar surface area (TPSA) is 91.9 Å². The van der Waals surface area contributed by atoms with Crippen molar-refractivity contribution in [1.29, 1.82) is 0 Å². The van der Waals surface area contributed by atoms with Gasteiger partial charge in [-0.3, -0.25) is 4.79 Å². The van der Waals surface area contributed by atoms with Crippen molar-refractivity contribution in [2.75, 3.05) is 5.32 Å². The summed E-state index contributed by atoms with van der Waals surface area (Å²) in [5, 5.41) is 13.1. The maximum atomic E-state index is 13.4. The summed E-state index contributed by atoms with van der Waals surface area (Å²) in [6.45, 7) is 4.02. The van der Waals surface area contributed by atoms with Gasteiger partial charge >= 0.3 is 5.97 Å². The van der Waals surface area contributed by atoms with Gasteiger partial charge in [0.05, 0.1) is 22.4 Å². The van der Waals surface area contributed by atoms with E-state index in [1.54, 1.807) is 41.8 Å². The van der Waals surface area contributed by atoms with Crippen LogP contribution in [0, 0.1) is 13.8 Å². The lowest BCUT2D eigenvalue weighted by Gasteiger charge is -2.13. The molecule has 0 radical (unpaired) electrons. The van der Waals surface area contributed by atoms with E-state index < -0.39 is 5.97 Å². The normalized spacial score (nSPS) is 13.1. The highest BCUT2D eigenvalue weighted by molar-refractivity contribution is 7.16. The molecule has 1 aliphatic carbocycles. The van der Waals surface area contributed by atoms with Crippen LogP contribution in [-0.2, 0) is 12.8 Å². The molecule has 188 valence electrons. The molecule has 6 nitrogen and oxygen atoms in total. The predicted molar refractivity (Wildman–Crippen MR) is 148 cm³/mol. The summed E-state index contributed by atoms with van der Waals surface area (Å²) in [6.07, 6.45) is 5.61. The number of carbonyl (C=O) groups is 2. The number of fused-ring (bicyclic) bond motifs is 1. The Morgan fingerprint density at radius 2 is 1.81 bits per heavy atom. The van der Waals surface area contributed by atoms with E-state index in [9.17, 15) is 14.7 Å². The zero-order chi connectivity index (χ0) is 26.1. The molecule has 0 spiro atoms. The van der Waals surface area contributed by atoms with Crippen LogP contribution in [0.5, 0.6) is 0 Å². The van der Waals surface area contributed by atoms with Crippen molar-refractivity contribution in [2.45, 2.75) is 39.5 Å². The van der Waals surface area contributed by atoms with E-state index in [-0.39, 0.29) is 16.5 Å². The highest BCUT2D eigenvalue weighted by Crippen LogP contribution is 2.40. The second-order valence-electron chi connectivity index (χ2n) is 9.18. The van der Waals surface area contributed by atoms with Crippen molar-refractivity contribution < 1.29 is 19.1 Å². The number of aliphatic imine (C=N–C) groups is 1. The van der Waals surface area contributed by atoms with Crippen LogP contribution >= 0.6 is 22.9 Å². The molecule has 8 heteroatoms. The Labute approximate surface area is 223 Å². The van der Waals surface area contributed by atoms with Crippen LogP contribution in [0.1, 0.15) is 60.9 Å². The number of carboxylic acid groups (broad SMARTS) is 1. The van der Waals surface area contributed by atoms with Gasteiger partial charge in [-0.2, -0.15) is 0 Å². The summed E-state index contributed by atoms with van der Waals surface area (Å²) in [7, 11) is 0. The highest BCUT2D eigenvalue weighted by Gasteiger charge is 2.25. The summed E-state index contributed by atoms with van der Waals surface area (Å²) in [4.78, 5) is 30.6. The van der Waals surface area contributed by atoms with E-state index in [2.05, 4.69) is 16.4 Å². The van der Waals surface area contributed by atoms with Crippen LogP contribution in [0.4, 0.5) is 10.7 Å². The van der Waals surface area contributed by atoms with Crippen LogP contribution in [0.25, 0.3) is 11.3 Å². The van der Waals surface area contributed by atoms with Crippen molar-refractivity contribution in [2.24, 2.45) is 4.99 Å². The lowest BCUT2D eigenvalue weighted by molar-refractivity contribution is 0.0697. The Kier molecular flexibility index (Phi) is 7.00. The molecule has 2 N–H and O–H groups in total. The first kappa shape index (κ1) is 25.0. The summed E-state index contributed by atoms with van der Waals surface area (Å²) in [5.41, 5.74) is 5.39. The molecular weight excluding hydrogens is 508 g/mol. The van der Waals surface area contributed by atoms with E-state index in [0.717, 1.165) is 48.1 Å². The minimum absolute atomic E-state index is 0.0343. The Hall–Kier alpha value is -3.68. The van der Waals surface area contributed by atoms with Crippen molar-refractivity contribution in [3.8, 4) is 11.3 Å². The zero-order valence-corrected chi connectivity index (χ0v) is 22.0. The summed E-state index contributed by atoms with van der Waals surface area (Å²) < 4.78 is 5.92. The molecule has 1 aliphatic rings. The molecule has 4 aromatic rings. The molecule has 2 heterocycles. The number of benzene rings is 2. The van der Waals surface area contributed by atoms with E-state index in [0.29, 0.717) is 27.6 Å². The standard InChI is InChI=1S/C29H25ClN2O4S/c1-16-11-17(2)13-19(12-16)32-27(33)26-22-5-3-4-6-25(22)37-28(26)31-15-20-8-10-24(36-20)18-7-9-21(29(34)35)23(30)14-18/h7-15H,3-6H2,1-2H3,(H,32,33)(H,34,35). The van der Waals surface area contributed by atoms with Gasteiger partial charge in [0.15, 0.2) is 0 Å². The molecule has 0 saturated carbocycles. The summed E-state index contributed by atoms with van der Waals surface area (Å²) >= 11 is 7.67. The van der Waals surface area contributed by atoms with Gasteiger partial charge in [-0.05, 0) is 92.6 Å². The largest absolute Gasteiger partial charge is 0.478 e. The lowest BCUT2D eigenvalue weighted by atomic mass is 9.95. The minimum Gasteiger partial charge on any atom is -0.478 e. The molecule has 0 unspecified atom stereocenters. The minimum atomic E-state index is -1.08. The van der Waals surface area contributed by atoms with Crippen LogP contribution in [0.3, 0.4) is 0 Å². The molecular formula is C29H25ClN2O4S. The lowest BCUT2D eigenvalue weighted by Crippen LogP contribution is -2.15. The SMILES string of the molecule is Cc1cc(C)cc(NC(=O)c2c(N=Cc3ccc(-c4ccc(C(=O)O)c(Cl)c4)o3)sc3c2CCCC3)c1. The maximum Gasteiger partial charge on any atom is 0.337 e. The van der Waals surface area contributed by atoms with Crippen LogP contribution in [0.2, 0.25) is 5.02 Å². The molecule has 5 rings (SSSR count). The maximum absolute atomic E-state index is 13.4. The van der Waals surface area contributed by atoms with Crippen LogP contribution in [0.15, 0.2) is 57.9 Å². The van der Waals surface area contributed by atoms with Gasteiger partial charge in [-0.25, -0.2) is 9.79 Å². The van der Waals surface area contributed by atoms with Crippen molar-refractivity contribution in [3.63, 3.8) is 0 Å². The molecule has 37 heavy (non-hydrogen) atoms. The number of nitrogens with zero attached hydrogens (tertiary/aromatic N) is 1. The fourth-order valence-corrected chi connectivity index (χ4v) is 6.15. The van der Waals surface area contributed by atoms with E-state index in [1.807, 2.05) is 26.0 Å². The van der Waals surface area contributed by atoms with Gasteiger partial charge in [0.1, 0.15) is 16.5 Å². The smallest absolute Gasteiger partial charge is 0.337 e. The second-order valence-corrected chi connectivity index (χ2v) is 10.7. The fourth-order valence-electron chi connectivity index (χ4n) is 4.66. The number of hydrogen-bond acceptors (Lipinski definition) is 5. The monoisotopic (exact) mass is 532 g/mol.